The molecule has 17 nitrogen and oxygen atoms in total. The number of aliphatic hydroxyl groups is 1. The van der Waals surface area contributed by atoms with E-state index in [9.17, 15) is 43.2 Å². The monoisotopic (exact) mass is 1380 g/mol. The van der Waals surface area contributed by atoms with Crippen molar-refractivity contribution in [3.05, 3.63) is 146 Å². The highest BCUT2D eigenvalue weighted by molar-refractivity contribution is 7.47. The number of esters is 4. The molecule has 0 aromatic heterocycles. The van der Waals surface area contributed by atoms with Crippen molar-refractivity contribution in [2.75, 3.05) is 39.6 Å². The number of carbonyl (C=O) groups excluding carboxylic acids is 4. The molecule has 0 fully saturated rings. The number of carbonyl (C=O) groups is 4. The molecule has 0 aliphatic rings. The number of aliphatic hydroxyl groups excluding tert-OH is 1. The maximum atomic E-state index is 13.0. The van der Waals surface area contributed by atoms with Crippen molar-refractivity contribution >= 4 is 39.5 Å². The van der Waals surface area contributed by atoms with Crippen molar-refractivity contribution in [1.82, 2.24) is 0 Å². The van der Waals surface area contributed by atoms with Gasteiger partial charge in [-0.25, -0.2) is 9.13 Å². The Morgan fingerprint density at radius 2 is 0.604 bits per heavy atom. The molecule has 0 bridgehead atoms. The summed E-state index contributed by atoms with van der Waals surface area (Å²) in [6.45, 7) is 4.35. The van der Waals surface area contributed by atoms with Crippen LogP contribution in [0.1, 0.15) is 259 Å². The minimum absolute atomic E-state index is 0.0588. The molecule has 0 amide bonds. The van der Waals surface area contributed by atoms with Crippen molar-refractivity contribution in [2.24, 2.45) is 0 Å². The maximum Gasteiger partial charge on any atom is 0.472 e. The van der Waals surface area contributed by atoms with E-state index >= 15 is 0 Å². The number of phosphoric acid groups is 2. The van der Waals surface area contributed by atoms with E-state index in [2.05, 4.69) is 137 Å². The largest absolute Gasteiger partial charge is 0.472 e. The van der Waals surface area contributed by atoms with Crippen LogP contribution in [0.25, 0.3) is 0 Å². The lowest BCUT2D eigenvalue weighted by Gasteiger charge is -2.21. The van der Waals surface area contributed by atoms with Gasteiger partial charge in [0.2, 0.25) is 0 Å². The van der Waals surface area contributed by atoms with Crippen LogP contribution in [0.2, 0.25) is 0 Å². The van der Waals surface area contributed by atoms with Crippen LogP contribution in [0, 0.1) is 0 Å². The molecule has 0 aromatic carbocycles. The van der Waals surface area contributed by atoms with Crippen molar-refractivity contribution in [3.63, 3.8) is 0 Å². The summed E-state index contributed by atoms with van der Waals surface area (Å²) in [5, 5.41) is 10.6. The third kappa shape index (κ3) is 67.5. The number of hydrogen-bond acceptors (Lipinski definition) is 15. The van der Waals surface area contributed by atoms with E-state index < -0.39 is 97.5 Å². The van der Waals surface area contributed by atoms with Crippen LogP contribution in [0.5, 0.6) is 0 Å². The summed E-state index contributed by atoms with van der Waals surface area (Å²) in [5.41, 5.74) is 0. The first kappa shape index (κ1) is 90.9. The van der Waals surface area contributed by atoms with Gasteiger partial charge >= 0.3 is 39.5 Å². The fourth-order valence-corrected chi connectivity index (χ4v) is 10.4. The predicted octanol–water partition coefficient (Wildman–Crippen LogP) is 20.3. The topological polar surface area (TPSA) is 237 Å². The van der Waals surface area contributed by atoms with Crippen molar-refractivity contribution in [3.8, 4) is 0 Å². The molecule has 5 atom stereocenters. The first-order chi connectivity index (χ1) is 46.7. The van der Waals surface area contributed by atoms with E-state index in [4.69, 9.17) is 37.0 Å². The molecule has 3 N–H and O–H groups in total. The molecular weight excluding hydrogens is 1260 g/mol. The predicted molar refractivity (Wildman–Crippen MR) is 390 cm³/mol. The molecule has 96 heavy (non-hydrogen) atoms. The van der Waals surface area contributed by atoms with E-state index in [1.807, 2.05) is 24.3 Å². The van der Waals surface area contributed by atoms with Gasteiger partial charge in [-0.1, -0.05) is 244 Å². The zero-order valence-electron chi connectivity index (χ0n) is 59.2. The summed E-state index contributed by atoms with van der Waals surface area (Å²) >= 11 is 0. The average molecular weight is 1390 g/mol. The zero-order chi connectivity index (χ0) is 70.4. The second-order valence-electron chi connectivity index (χ2n) is 23.4. The van der Waals surface area contributed by atoms with Crippen LogP contribution < -0.4 is 0 Å². The van der Waals surface area contributed by atoms with Gasteiger partial charge in [-0.15, -0.1) is 0 Å². The molecule has 0 aromatic rings. The first-order valence-electron chi connectivity index (χ1n) is 36.1. The molecule has 546 valence electrons. The fraction of sp³-hybridized carbons (Fsp3) is 0.636. The first-order valence-corrected chi connectivity index (χ1v) is 39.1. The molecule has 0 radical (unpaired) electrons. The summed E-state index contributed by atoms with van der Waals surface area (Å²) in [7, 11) is -10.00. The second kappa shape index (κ2) is 68.5. The molecular formula is C77H126O17P2. The van der Waals surface area contributed by atoms with Crippen molar-refractivity contribution in [2.45, 2.75) is 277 Å². The second-order valence-corrected chi connectivity index (χ2v) is 26.3. The normalized spacial score (nSPS) is 14.9. The van der Waals surface area contributed by atoms with Crippen molar-refractivity contribution < 1.29 is 80.2 Å². The Bertz CT molecular complexity index is 2400. The highest BCUT2D eigenvalue weighted by atomic mass is 31.2. The molecule has 5 unspecified atom stereocenters. The molecule has 0 spiro atoms. The van der Waals surface area contributed by atoms with E-state index in [1.165, 1.54) is 38.5 Å². The molecule has 0 saturated carbocycles. The Balaban J connectivity index is 5.47. The van der Waals surface area contributed by atoms with E-state index in [0.29, 0.717) is 32.1 Å². The summed E-state index contributed by atoms with van der Waals surface area (Å²) in [6.07, 6.45) is 76.2. The number of hydrogen-bond donors (Lipinski definition) is 3. The van der Waals surface area contributed by atoms with Crippen LogP contribution in [-0.2, 0) is 65.4 Å². The third-order valence-electron chi connectivity index (χ3n) is 14.3. The van der Waals surface area contributed by atoms with Gasteiger partial charge in [-0.05, 0) is 135 Å². The number of ether oxygens (including phenoxy) is 4. The van der Waals surface area contributed by atoms with Gasteiger partial charge in [-0.3, -0.25) is 37.3 Å². The Morgan fingerprint density at radius 3 is 1.01 bits per heavy atom. The summed E-state index contributed by atoms with van der Waals surface area (Å²) in [4.78, 5) is 72.5. The van der Waals surface area contributed by atoms with E-state index in [-0.39, 0.29) is 25.7 Å². The van der Waals surface area contributed by atoms with Crippen LogP contribution in [0.15, 0.2) is 146 Å². The number of allylic oxidation sites excluding steroid dienone is 23. The molecule has 0 saturated heterocycles. The Hall–Kier alpha value is -5.06. The quantitative estimate of drug-likeness (QED) is 0.0169. The van der Waals surface area contributed by atoms with Gasteiger partial charge in [0.15, 0.2) is 12.2 Å². The minimum Gasteiger partial charge on any atom is -0.462 e. The van der Waals surface area contributed by atoms with Gasteiger partial charge in [0.1, 0.15) is 19.3 Å². The lowest BCUT2D eigenvalue weighted by atomic mass is 10.1. The standard InChI is InChI=1S/C77H126O17P2/c1-5-9-13-17-21-25-29-32-34-35-37-39-43-46-50-54-58-62-75(80)88-68-73(94-77(82)64-60-56-52-48-44-40-36-33-30-26-22-18-14-10-6-2)70-92-96(85,86)90-66-71(78)65-89-95(83,84)91-69-72(93-76(81)63-59-55-51-47-41-28-24-20-16-12-8-4)67-87-74(79)61-57-53-49-45-42-38-31-27-23-19-15-11-7-3/h9-10,13-14,20-22,24-27,31-34,36-37,39,44,46,48,50,56,60,71-73,78H,5-8,11-12,15-19,23,28-30,35,38,40-43,45,47,49,51-55,57-59,61-70H2,1-4H3,(H,83,84)(H,85,86)/b13-9-,14-10-,24-20-,25-21-,26-22-,31-27-,34-32-,36-33-,39-37-,48-44-,50-46-,60-56-. The highest BCUT2D eigenvalue weighted by Crippen LogP contribution is 2.45. The molecule has 0 aliphatic heterocycles. The zero-order valence-corrected chi connectivity index (χ0v) is 61.0. The van der Waals surface area contributed by atoms with Crippen LogP contribution in [0.3, 0.4) is 0 Å². The maximum absolute atomic E-state index is 13.0. The van der Waals surface area contributed by atoms with E-state index in [0.717, 1.165) is 135 Å². The van der Waals surface area contributed by atoms with Gasteiger partial charge in [0.25, 0.3) is 0 Å². The Labute approximate surface area is 579 Å². The third-order valence-corrected chi connectivity index (χ3v) is 16.2. The van der Waals surface area contributed by atoms with Gasteiger partial charge in [0.05, 0.1) is 32.8 Å². The summed E-state index contributed by atoms with van der Waals surface area (Å²) in [5.74, 6) is -2.42. The van der Waals surface area contributed by atoms with Gasteiger partial charge < -0.3 is 33.8 Å². The molecule has 0 aliphatic carbocycles. The lowest BCUT2D eigenvalue weighted by Crippen LogP contribution is -2.30. The summed E-state index contributed by atoms with van der Waals surface area (Å²) in [6, 6.07) is 0. The lowest BCUT2D eigenvalue weighted by molar-refractivity contribution is -0.161. The fourth-order valence-electron chi connectivity index (χ4n) is 8.83. The Morgan fingerprint density at radius 1 is 0.312 bits per heavy atom. The van der Waals surface area contributed by atoms with Crippen LogP contribution in [0.4, 0.5) is 0 Å². The van der Waals surface area contributed by atoms with Crippen molar-refractivity contribution in [1.29, 1.82) is 0 Å². The minimum atomic E-state index is -5.01. The van der Waals surface area contributed by atoms with Gasteiger partial charge in [-0.2, -0.15) is 0 Å². The molecule has 0 rings (SSSR count). The Kier molecular flexibility index (Phi) is 64.9. The highest BCUT2D eigenvalue weighted by Gasteiger charge is 2.30. The number of phosphoric ester groups is 2. The van der Waals surface area contributed by atoms with Crippen LogP contribution >= 0.6 is 15.6 Å². The molecule has 0 heterocycles. The smallest absolute Gasteiger partial charge is 0.462 e. The molecule has 19 heteroatoms. The van der Waals surface area contributed by atoms with Crippen LogP contribution in [-0.4, -0.2) is 96.7 Å². The SMILES string of the molecule is CC/C=C\C/C=C\C/C=C\C/C=C\C/C=C\CCCC(=O)OCC(COP(=O)(O)OCC(O)COP(=O)(O)OCC(COC(=O)CCCCCCC/C=C\CCCCCC)OC(=O)CCCCCCC/C=C\CCCC)OC(=O)C/C=C\C/C=C\C/C=C\C/C=C\C/C=C\CC. The number of rotatable bonds is 66. The van der Waals surface area contributed by atoms with E-state index in [1.54, 1.807) is 12.2 Å². The average Bonchev–Trinajstić information content (AvgIpc) is 2.18. The number of unbranched alkanes of at least 4 members (excludes halogenated alkanes) is 17. The summed E-state index contributed by atoms with van der Waals surface area (Å²) < 4.78 is 68.1. The van der Waals surface area contributed by atoms with Gasteiger partial charge in [0, 0.05) is 19.3 Å².